The van der Waals surface area contributed by atoms with Crippen molar-refractivity contribution in [3.05, 3.63) is 33.8 Å². The van der Waals surface area contributed by atoms with Gasteiger partial charge in [-0.1, -0.05) is 12.8 Å². The van der Waals surface area contributed by atoms with Crippen molar-refractivity contribution >= 4 is 21.7 Å². The number of hydrogen-bond donors (Lipinski definition) is 0. The lowest BCUT2D eigenvalue weighted by Crippen LogP contribution is -2.52. The number of rotatable bonds is 3. The molecule has 3 rings (SSSR count). The first-order chi connectivity index (χ1) is 10.1. The fourth-order valence-electron chi connectivity index (χ4n) is 3.76. The second-order valence-corrected chi connectivity index (χ2v) is 6.83. The maximum absolute atomic E-state index is 14.3. The van der Waals surface area contributed by atoms with Crippen LogP contribution in [0.25, 0.3) is 0 Å². The van der Waals surface area contributed by atoms with E-state index in [1.54, 1.807) is 0 Å². The van der Waals surface area contributed by atoms with E-state index in [-0.39, 0.29) is 15.8 Å². The molecule has 0 N–H and O–H groups in total. The number of benzene rings is 1. The second kappa shape index (κ2) is 5.76. The van der Waals surface area contributed by atoms with E-state index >= 15 is 0 Å². The number of hydrogen-bond acceptors (Lipinski definition) is 2. The van der Waals surface area contributed by atoms with E-state index < -0.39 is 17.2 Å². The number of likely N-dealkylation sites (tertiary alicyclic amines) is 1. The first kappa shape index (κ1) is 15.1. The van der Waals surface area contributed by atoms with Gasteiger partial charge in [0, 0.05) is 0 Å². The van der Waals surface area contributed by atoms with Crippen molar-refractivity contribution in [2.75, 3.05) is 13.1 Å². The van der Waals surface area contributed by atoms with Crippen molar-refractivity contribution in [1.82, 2.24) is 4.90 Å². The predicted octanol–water partition coefficient (Wildman–Crippen LogP) is 4.32. The van der Waals surface area contributed by atoms with Gasteiger partial charge in [0.05, 0.1) is 15.6 Å². The van der Waals surface area contributed by atoms with Crippen LogP contribution in [-0.2, 0) is 0 Å². The summed E-state index contributed by atoms with van der Waals surface area (Å²) in [6.45, 7) is 1.70. The Hall–Kier alpha value is -0.810. The van der Waals surface area contributed by atoms with E-state index in [9.17, 15) is 13.6 Å². The van der Waals surface area contributed by atoms with Crippen molar-refractivity contribution in [2.24, 2.45) is 0 Å². The molecule has 1 heterocycles. The van der Waals surface area contributed by atoms with Crippen LogP contribution in [0.2, 0.25) is 0 Å². The van der Waals surface area contributed by atoms with Crippen LogP contribution in [0.3, 0.4) is 0 Å². The normalized spacial score (nSPS) is 21.9. The summed E-state index contributed by atoms with van der Waals surface area (Å²) >= 11 is 3.05. The fraction of sp³-hybridized carbons (Fsp3) is 0.562. The van der Waals surface area contributed by atoms with Crippen LogP contribution in [0.15, 0.2) is 16.6 Å². The largest absolute Gasteiger partial charge is 0.292 e. The summed E-state index contributed by atoms with van der Waals surface area (Å²) < 4.78 is 28.5. The zero-order valence-corrected chi connectivity index (χ0v) is 13.4. The molecule has 2 aliphatic rings. The smallest absolute Gasteiger partial charge is 0.189 e. The lowest BCUT2D eigenvalue weighted by atomic mass is 9.85. The molecule has 1 saturated carbocycles. The van der Waals surface area contributed by atoms with Gasteiger partial charge in [0.15, 0.2) is 11.6 Å². The number of carbonyl (C=O) groups excluding carboxylic acids is 1. The molecular formula is C16H18BrF2NO. The zero-order chi connectivity index (χ0) is 15.0. The maximum Gasteiger partial charge on any atom is 0.189 e. The molecule has 0 radical (unpaired) electrons. The van der Waals surface area contributed by atoms with Gasteiger partial charge >= 0.3 is 0 Å². The molecule has 1 aliphatic carbocycles. The summed E-state index contributed by atoms with van der Waals surface area (Å²) in [5.41, 5.74) is -1.07. The van der Waals surface area contributed by atoms with Gasteiger partial charge in [-0.25, -0.2) is 8.78 Å². The van der Waals surface area contributed by atoms with Crippen LogP contribution < -0.4 is 0 Å². The number of halogens is 3. The van der Waals surface area contributed by atoms with Crippen LogP contribution in [0.4, 0.5) is 8.78 Å². The molecule has 5 heteroatoms. The molecule has 2 nitrogen and oxygen atoms in total. The minimum absolute atomic E-state index is 0.141. The molecule has 2 fully saturated rings. The molecule has 114 valence electrons. The third-order valence-electron chi connectivity index (χ3n) is 4.84. The highest BCUT2D eigenvalue weighted by molar-refractivity contribution is 9.10. The Morgan fingerprint density at radius 3 is 2.33 bits per heavy atom. The Bertz CT molecular complexity index is 564. The summed E-state index contributed by atoms with van der Waals surface area (Å²) in [5.74, 6) is -1.91. The average molecular weight is 358 g/mol. The van der Waals surface area contributed by atoms with Gasteiger partial charge in [0.2, 0.25) is 0 Å². The average Bonchev–Trinajstić information content (AvgIpc) is 3.13. The van der Waals surface area contributed by atoms with E-state index in [1.807, 2.05) is 0 Å². The van der Waals surface area contributed by atoms with E-state index in [2.05, 4.69) is 20.8 Å². The molecular weight excluding hydrogens is 340 g/mol. The topological polar surface area (TPSA) is 20.3 Å². The van der Waals surface area contributed by atoms with Gasteiger partial charge in [0.25, 0.3) is 0 Å². The molecule has 0 amide bonds. The highest BCUT2D eigenvalue weighted by Gasteiger charge is 2.48. The van der Waals surface area contributed by atoms with Gasteiger partial charge in [-0.05, 0) is 66.8 Å². The Balaban J connectivity index is 2.05. The zero-order valence-electron chi connectivity index (χ0n) is 11.8. The summed E-state index contributed by atoms with van der Waals surface area (Å²) in [4.78, 5) is 15.2. The Labute approximate surface area is 131 Å². The molecule has 0 bridgehead atoms. The third kappa shape index (κ3) is 2.44. The molecule has 21 heavy (non-hydrogen) atoms. The van der Waals surface area contributed by atoms with Gasteiger partial charge in [-0.3, -0.25) is 9.69 Å². The summed E-state index contributed by atoms with van der Waals surface area (Å²) in [5, 5.41) is 0. The van der Waals surface area contributed by atoms with E-state index in [4.69, 9.17) is 0 Å². The highest BCUT2D eigenvalue weighted by Crippen LogP contribution is 2.41. The molecule has 0 unspecified atom stereocenters. The fourth-order valence-corrected chi connectivity index (χ4v) is 4.09. The molecule has 1 aromatic rings. The number of nitrogens with zero attached hydrogens (tertiary/aromatic N) is 1. The van der Waals surface area contributed by atoms with Crippen LogP contribution in [0.1, 0.15) is 48.9 Å². The highest BCUT2D eigenvalue weighted by atomic mass is 79.9. The minimum atomic E-state index is -0.773. The van der Waals surface area contributed by atoms with Gasteiger partial charge in [-0.2, -0.15) is 0 Å². The molecule has 0 atom stereocenters. The van der Waals surface area contributed by atoms with Crippen molar-refractivity contribution in [1.29, 1.82) is 0 Å². The first-order valence-corrected chi connectivity index (χ1v) is 8.29. The standard InChI is InChI=1S/C16H18BrF2NO/c17-11-5-6-12(18)13(14(11)19)15(21)16(7-1-2-8-16)20-9-3-4-10-20/h5-6H,1-4,7-10H2. The number of carbonyl (C=O) groups is 1. The molecule has 0 aromatic heterocycles. The van der Waals surface area contributed by atoms with Crippen LogP contribution in [-0.4, -0.2) is 29.3 Å². The molecule has 1 aromatic carbocycles. The van der Waals surface area contributed by atoms with E-state index in [0.717, 1.165) is 44.8 Å². The summed E-state index contributed by atoms with van der Waals surface area (Å²) in [6.07, 6.45) is 5.41. The van der Waals surface area contributed by atoms with Crippen molar-refractivity contribution < 1.29 is 13.6 Å². The van der Waals surface area contributed by atoms with E-state index in [1.165, 1.54) is 6.07 Å². The maximum atomic E-state index is 14.3. The Morgan fingerprint density at radius 2 is 1.71 bits per heavy atom. The van der Waals surface area contributed by atoms with Crippen LogP contribution >= 0.6 is 15.9 Å². The Morgan fingerprint density at radius 1 is 1.10 bits per heavy atom. The molecule has 0 spiro atoms. The number of ketones is 1. The van der Waals surface area contributed by atoms with Crippen molar-refractivity contribution in [3.63, 3.8) is 0 Å². The Kier molecular flexibility index (Phi) is 4.14. The quantitative estimate of drug-likeness (QED) is 0.593. The third-order valence-corrected chi connectivity index (χ3v) is 5.45. The summed E-state index contributed by atoms with van der Waals surface area (Å²) in [6, 6.07) is 2.46. The monoisotopic (exact) mass is 357 g/mol. The van der Waals surface area contributed by atoms with Gasteiger partial charge in [0.1, 0.15) is 5.82 Å². The second-order valence-electron chi connectivity index (χ2n) is 5.98. The van der Waals surface area contributed by atoms with Gasteiger partial charge < -0.3 is 0 Å². The first-order valence-electron chi connectivity index (χ1n) is 7.49. The van der Waals surface area contributed by atoms with Crippen molar-refractivity contribution in [2.45, 2.75) is 44.1 Å². The van der Waals surface area contributed by atoms with Gasteiger partial charge in [-0.15, -0.1) is 0 Å². The van der Waals surface area contributed by atoms with Crippen molar-refractivity contribution in [3.8, 4) is 0 Å². The predicted molar refractivity (Wildman–Crippen MR) is 80.4 cm³/mol. The van der Waals surface area contributed by atoms with E-state index in [0.29, 0.717) is 12.8 Å². The summed E-state index contributed by atoms with van der Waals surface area (Å²) in [7, 11) is 0. The lowest BCUT2D eigenvalue weighted by Gasteiger charge is -2.37. The minimum Gasteiger partial charge on any atom is -0.292 e. The molecule has 1 saturated heterocycles. The number of Topliss-reactive ketones (excluding diaryl/α,β-unsaturated/α-hetero) is 1. The lowest BCUT2D eigenvalue weighted by molar-refractivity contribution is 0.0617. The van der Waals surface area contributed by atoms with Crippen LogP contribution in [0.5, 0.6) is 0 Å². The molecule has 1 aliphatic heterocycles. The SMILES string of the molecule is O=C(c1c(F)ccc(Br)c1F)C1(N2CCCC2)CCCC1. The van der Waals surface area contributed by atoms with Crippen LogP contribution in [0, 0.1) is 11.6 Å².